The van der Waals surface area contributed by atoms with E-state index in [1.165, 1.54) is 57.8 Å². The summed E-state index contributed by atoms with van der Waals surface area (Å²) in [6, 6.07) is 0. The van der Waals surface area contributed by atoms with Crippen molar-refractivity contribution < 1.29 is 39.5 Å². The molecule has 0 aromatic rings. The Kier molecular flexibility index (Phi) is 17.4. The quantitative estimate of drug-likeness (QED) is 0.131. The number of aldehydes is 1. The number of hydrogen-bond acceptors (Lipinski definition) is 7. The van der Waals surface area contributed by atoms with Gasteiger partial charge < -0.3 is 25.2 Å². The first-order valence-corrected chi connectivity index (χ1v) is 11.3. The second kappa shape index (κ2) is 18.3. The normalized spacial score (nSPS) is 15.2. The van der Waals surface area contributed by atoms with E-state index in [1.807, 2.05) is 0 Å². The van der Waals surface area contributed by atoms with Gasteiger partial charge in [0.25, 0.3) is 0 Å². The third kappa shape index (κ3) is 13.7. The molecular weight excluding hydrogens is 392 g/mol. The van der Waals surface area contributed by atoms with Gasteiger partial charge in [0.1, 0.15) is 12.2 Å². The van der Waals surface area contributed by atoms with E-state index in [1.54, 1.807) is 0 Å². The monoisotopic (exact) mass is 432 g/mol. The number of hydrogen-bond donors (Lipinski definition) is 4. The maximum atomic E-state index is 11.8. The lowest BCUT2D eigenvalue weighted by atomic mass is 10.0. The molecule has 8 nitrogen and oxygen atoms in total. The van der Waals surface area contributed by atoms with Gasteiger partial charge in [-0.2, -0.15) is 0 Å². The van der Waals surface area contributed by atoms with Gasteiger partial charge in [-0.1, -0.05) is 84.0 Å². The molecule has 0 spiro atoms. The zero-order chi connectivity index (χ0) is 22.8. The molecule has 0 heterocycles. The minimum atomic E-state index is -2.29. The first-order valence-electron chi connectivity index (χ1n) is 11.3. The van der Waals surface area contributed by atoms with Gasteiger partial charge in [0.2, 0.25) is 0 Å². The van der Waals surface area contributed by atoms with Gasteiger partial charge in [-0.15, -0.1) is 0 Å². The topological polar surface area (TPSA) is 141 Å². The molecular formula is C22H40O8. The van der Waals surface area contributed by atoms with Crippen LogP contribution in [0.3, 0.4) is 0 Å². The number of carbonyl (C=O) groups is 3. The molecule has 0 radical (unpaired) electrons. The van der Waals surface area contributed by atoms with E-state index in [0.29, 0.717) is 6.42 Å². The van der Waals surface area contributed by atoms with Gasteiger partial charge in [0, 0.05) is 6.42 Å². The van der Waals surface area contributed by atoms with E-state index in [2.05, 4.69) is 6.92 Å². The van der Waals surface area contributed by atoms with Crippen molar-refractivity contribution in [3.8, 4) is 0 Å². The van der Waals surface area contributed by atoms with Crippen molar-refractivity contribution in [2.75, 3.05) is 0 Å². The van der Waals surface area contributed by atoms with E-state index in [0.717, 1.165) is 19.3 Å². The van der Waals surface area contributed by atoms with Crippen LogP contribution in [0.5, 0.6) is 0 Å². The van der Waals surface area contributed by atoms with Crippen molar-refractivity contribution in [2.45, 2.75) is 121 Å². The van der Waals surface area contributed by atoms with Crippen LogP contribution >= 0.6 is 0 Å². The predicted octanol–water partition coefficient (Wildman–Crippen LogP) is 2.75. The van der Waals surface area contributed by atoms with E-state index in [9.17, 15) is 29.7 Å². The Balaban J connectivity index is 3.78. The van der Waals surface area contributed by atoms with Crippen LogP contribution in [0.2, 0.25) is 0 Å². The lowest BCUT2D eigenvalue weighted by Gasteiger charge is -2.24. The van der Waals surface area contributed by atoms with Gasteiger partial charge in [0.15, 0.2) is 18.5 Å². The number of rotatable bonds is 20. The molecule has 4 atom stereocenters. The maximum Gasteiger partial charge on any atom is 0.335 e. The highest BCUT2D eigenvalue weighted by Gasteiger charge is 2.36. The Hall–Kier alpha value is -1.51. The van der Waals surface area contributed by atoms with Crippen molar-refractivity contribution in [2.24, 2.45) is 0 Å². The highest BCUT2D eigenvalue weighted by Crippen LogP contribution is 2.14. The van der Waals surface area contributed by atoms with Crippen LogP contribution in [0.25, 0.3) is 0 Å². The van der Waals surface area contributed by atoms with Crippen LogP contribution in [-0.2, 0) is 19.1 Å². The minimum Gasteiger partial charge on any atom is -0.479 e. The van der Waals surface area contributed by atoms with Crippen LogP contribution in [0, 0.1) is 0 Å². The molecule has 0 aromatic carbocycles. The number of esters is 1. The summed E-state index contributed by atoms with van der Waals surface area (Å²) in [5, 5.41) is 37.1. The molecule has 30 heavy (non-hydrogen) atoms. The molecule has 0 amide bonds. The molecule has 0 rings (SSSR count). The van der Waals surface area contributed by atoms with E-state index >= 15 is 0 Å². The van der Waals surface area contributed by atoms with Gasteiger partial charge in [-0.25, -0.2) is 4.79 Å². The molecule has 0 aliphatic heterocycles. The first-order chi connectivity index (χ1) is 14.3. The van der Waals surface area contributed by atoms with Gasteiger partial charge in [0.05, 0.1) is 0 Å². The number of carboxylic acid groups (broad SMARTS) is 1. The summed E-state index contributed by atoms with van der Waals surface area (Å²) in [4.78, 5) is 33.4. The lowest BCUT2D eigenvalue weighted by Crippen LogP contribution is -2.49. The number of aliphatic hydroxyl groups is 3. The van der Waals surface area contributed by atoms with E-state index in [4.69, 9.17) is 9.84 Å². The summed E-state index contributed by atoms with van der Waals surface area (Å²) in [6.07, 6.45) is 7.12. The summed E-state index contributed by atoms with van der Waals surface area (Å²) in [6.45, 7) is 2.22. The number of carbonyl (C=O) groups excluding carboxylic acids is 2. The van der Waals surface area contributed by atoms with Crippen molar-refractivity contribution in [3.05, 3.63) is 0 Å². The fourth-order valence-electron chi connectivity index (χ4n) is 3.20. The molecule has 4 N–H and O–H groups in total. The zero-order valence-corrected chi connectivity index (χ0v) is 18.2. The molecule has 0 saturated carbocycles. The van der Waals surface area contributed by atoms with Crippen LogP contribution in [0.1, 0.15) is 96.8 Å². The average Bonchev–Trinajstić information content (AvgIpc) is 2.73. The van der Waals surface area contributed by atoms with Crippen LogP contribution in [0.4, 0.5) is 0 Å². The maximum absolute atomic E-state index is 11.8. The summed E-state index contributed by atoms with van der Waals surface area (Å²) in [5.74, 6) is -2.48. The molecule has 0 saturated heterocycles. The average molecular weight is 433 g/mol. The largest absolute Gasteiger partial charge is 0.479 e. The lowest BCUT2D eigenvalue weighted by molar-refractivity contribution is -0.173. The number of carboxylic acids is 1. The zero-order valence-electron chi connectivity index (χ0n) is 18.2. The summed E-state index contributed by atoms with van der Waals surface area (Å²) in [5.41, 5.74) is 0. The summed E-state index contributed by atoms with van der Waals surface area (Å²) >= 11 is 0. The number of unbranched alkanes of at least 4 members (excludes halogenated alkanes) is 12. The Morgan fingerprint density at radius 2 is 1.20 bits per heavy atom. The van der Waals surface area contributed by atoms with Crippen molar-refractivity contribution in [1.82, 2.24) is 0 Å². The van der Waals surface area contributed by atoms with Crippen LogP contribution in [0.15, 0.2) is 0 Å². The number of aliphatic carboxylic acids is 1. The third-order valence-corrected chi connectivity index (χ3v) is 5.15. The Bertz CT molecular complexity index is 468. The highest BCUT2D eigenvalue weighted by molar-refractivity contribution is 5.74. The van der Waals surface area contributed by atoms with E-state index < -0.39 is 36.4 Å². The molecule has 0 unspecified atom stereocenters. The molecule has 0 aliphatic carbocycles. The molecule has 176 valence electrons. The smallest absolute Gasteiger partial charge is 0.335 e. The molecule has 8 heteroatoms. The third-order valence-electron chi connectivity index (χ3n) is 5.15. The number of aliphatic hydroxyl groups excluding tert-OH is 3. The molecule has 0 aliphatic rings. The Morgan fingerprint density at radius 3 is 1.60 bits per heavy atom. The predicted molar refractivity (Wildman–Crippen MR) is 112 cm³/mol. The van der Waals surface area contributed by atoms with Gasteiger partial charge >= 0.3 is 11.9 Å². The van der Waals surface area contributed by atoms with Crippen LogP contribution < -0.4 is 0 Å². The van der Waals surface area contributed by atoms with Crippen molar-refractivity contribution >= 4 is 18.2 Å². The first kappa shape index (κ1) is 28.5. The van der Waals surface area contributed by atoms with Crippen molar-refractivity contribution in [1.29, 1.82) is 0 Å². The summed E-state index contributed by atoms with van der Waals surface area (Å²) in [7, 11) is 0. The SMILES string of the molecule is CCCCCCCCCCCCCCCC(=O)O[C@@H](C=O)[C@@H](O)[C@H](O)[C@H](O)C(=O)O. The standard InChI is InChI=1S/C22H40O8/c1-2-3-4-5-6-7-8-9-10-11-12-13-14-15-18(24)30-17(16-23)19(25)20(26)21(27)22(28)29/h16-17,19-21,25-27H,2-15H2,1H3,(H,28,29)/t17-,19+,20-,21-/m0/s1. The fraction of sp³-hybridized carbons (Fsp3) is 0.864. The van der Waals surface area contributed by atoms with Crippen LogP contribution in [-0.4, -0.2) is 63.1 Å². The fourth-order valence-corrected chi connectivity index (χ4v) is 3.20. The molecule has 0 bridgehead atoms. The number of ether oxygens (including phenoxy) is 1. The second-order valence-electron chi connectivity index (χ2n) is 7.85. The minimum absolute atomic E-state index is 0.0619. The second-order valence-corrected chi connectivity index (χ2v) is 7.85. The van der Waals surface area contributed by atoms with Gasteiger partial charge in [-0.3, -0.25) is 9.59 Å². The Morgan fingerprint density at radius 1 is 0.767 bits per heavy atom. The summed E-state index contributed by atoms with van der Waals surface area (Å²) < 4.78 is 4.80. The van der Waals surface area contributed by atoms with Gasteiger partial charge in [-0.05, 0) is 6.42 Å². The van der Waals surface area contributed by atoms with Crippen molar-refractivity contribution in [3.63, 3.8) is 0 Å². The molecule has 0 aromatic heterocycles. The molecule has 0 fully saturated rings. The van der Waals surface area contributed by atoms with E-state index in [-0.39, 0.29) is 12.7 Å². The Labute approximate surface area is 179 Å². The highest BCUT2D eigenvalue weighted by atomic mass is 16.6.